The molecule has 0 aliphatic rings. The molecule has 2 heteroatoms. The smallest absolute Gasteiger partial charge is 0.0702 e. The van der Waals surface area contributed by atoms with Gasteiger partial charge in [0, 0.05) is 11.6 Å². The van der Waals surface area contributed by atoms with Gasteiger partial charge in [-0.05, 0) is 36.1 Å². The van der Waals surface area contributed by atoms with Gasteiger partial charge in [-0.3, -0.25) is 4.98 Å². The molecular formula is C14H18N2. The van der Waals surface area contributed by atoms with Crippen LogP contribution in [0, 0.1) is 5.92 Å². The van der Waals surface area contributed by atoms with E-state index < -0.39 is 0 Å². The molecule has 0 bridgehead atoms. The molecule has 1 heterocycles. The van der Waals surface area contributed by atoms with Crippen LogP contribution in [0.4, 0.5) is 0 Å². The fourth-order valence-corrected chi connectivity index (χ4v) is 1.87. The van der Waals surface area contributed by atoms with Gasteiger partial charge in [0.25, 0.3) is 0 Å². The van der Waals surface area contributed by atoms with E-state index in [0.717, 1.165) is 5.52 Å². The lowest BCUT2D eigenvalue weighted by atomic mass is 9.89. The Morgan fingerprint density at radius 3 is 2.75 bits per heavy atom. The van der Waals surface area contributed by atoms with Crippen molar-refractivity contribution in [2.24, 2.45) is 11.7 Å². The van der Waals surface area contributed by atoms with Crippen molar-refractivity contribution in [3.05, 3.63) is 42.1 Å². The summed E-state index contributed by atoms with van der Waals surface area (Å²) in [7, 11) is 0. The highest BCUT2D eigenvalue weighted by atomic mass is 14.7. The minimum atomic E-state index is 0.460. The zero-order valence-electron chi connectivity index (χ0n) is 9.85. The molecule has 84 valence electrons. The third kappa shape index (κ3) is 2.07. The van der Waals surface area contributed by atoms with Crippen molar-refractivity contribution in [2.75, 3.05) is 6.54 Å². The van der Waals surface area contributed by atoms with Crippen molar-refractivity contribution >= 4 is 10.9 Å². The maximum absolute atomic E-state index is 5.70. The number of fused-ring (bicyclic) bond motifs is 1. The zero-order chi connectivity index (χ0) is 11.5. The Morgan fingerprint density at radius 2 is 2.00 bits per heavy atom. The van der Waals surface area contributed by atoms with Crippen molar-refractivity contribution in [3.8, 4) is 0 Å². The van der Waals surface area contributed by atoms with Crippen molar-refractivity contribution in [2.45, 2.75) is 19.8 Å². The summed E-state index contributed by atoms with van der Waals surface area (Å²) in [5, 5.41) is 1.20. The second-order valence-corrected chi connectivity index (χ2v) is 4.46. The molecule has 2 aromatic rings. The van der Waals surface area contributed by atoms with Crippen LogP contribution in [0.25, 0.3) is 10.9 Å². The first-order valence-electron chi connectivity index (χ1n) is 5.77. The zero-order valence-corrected chi connectivity index (χ0v) is 9.85. The summed E-state index contributed by atoms with van der Waals surface area (Å²) in [5.74, 6) is 0.949. The average molecular weight is 214 g/mol. The third-order valence-corrected chi connectivity index (χ3v) is 3.36. The van der Waals surface area contributed by atoms with Gasteiger partial charge in [-0.15, -0.1) is 0 Å². The summed E-state index contributed by atoms with van der Waals surface area (Å²) in [6, 6.07) is 10.4. The molecule has 0 saturated carbocycles. The van der Waals surface area contributed by atoms with E-state index in [1.165, 1.54) is 10.9 Å². The lowest BCUT2D eigenvalue weighted by molar-refractivity contribution is 0.498. The lowest BCUT2D eigenvalue weighted by Crippen LogP contribution is -2.17. The number of nitrogens with two attached hydrogens (primary N) is 1. The molecule has 0 aliphatic carbocycles. The van der Waals surface area contributed by atoms with Crippen molar-refractivity contribution in [3.63, 3.8) is 0 Å². The predicted octanol–water partition coefficient (Wildman–Crippen LogP) is 2.93. The Morgan fingerprint density at radius 1 is 1.25 bits per heavy atom. The van der Waals surface area contributed by atoms with Crippen LogP contribution in [0.15, 0.2) is 36.5 Å². The summed E-state index contributed by atoms with van der Waals surface area (Å²) in [4.78, 5) is 4.48. The van der Waals surface area contributed by atoms with Crippen LogP contribution in [0.1, 0.15) is 25.3 Å². The summed E-state index contributed by atoms with van der Waals surface area (Å²) in [6.45, 7) is 5.11. The monoisotopic (exact) mass is 214 g/mol. The number of aromatic nitrogens is 1. The van der Waals surface area contributed by atoms with Gasteiger partial charge in [-0.1, -0.05) is 32.0 Å². The van der Waals surface area contributed by atoms with Crippen LogP contribution < -0.4 is 5.73 Å². The molecule has 16 heavy (non-hydrogen) atoms. The van der Waals surface area contributed by atoms with E-state index in [-0.39, 0.29) is 0 Å². The molecule has 0 radical (unpaired) electrons. The number of hydrogen-bond acceptors (Lipinski definition) is 2. The van der Waals surface area contributed by atoms with Crippen LogP contribution in [-0.4, -0.2) is 11.5 Å². The minimum Gasteiger partial charge on any atom is -0.330 e. The van der Waals surface area contributed by atoms with Gasteiger partial charge in [0.1, 0.15) is 0 Å². The number of nitrogens with zero attached hydrogens (tertiary/aromatic N) is 1. The molecule has 1 aromatic carbocycles. The first-order chi connectivity index (χ1) is 7.72. The van der Waals surface area contributed by atoms with Gasteiger partial charge in [-0.2, -0.15) is 0 Å². The standard InChI is InChI=1S/C14H18N2/c1-10(8-15)11(2)13-7-12-5-3-4-6-14(12)16-9-13/h3-7,9-11H,8,15H2,1-2H3. The largest absolute Gasteiger partial charge is 0.330 e. The number of benzene rings is 1. The van der Waals surface area contributed by atoms with E-state index in [9.17, 15) is 0 Å². The topological polar surface area (TPSA) is 38.9 Å². The van der Waals surface area contributed by atoms with Gasteiger partial charge >= 0.3 is 0 Å². The summed E-state index contributed by atoms with van der Waals surface area (Å²) in [5.41, 5.74) is 8.03. The second-order valence-electron chi connectivity index (χ2n) is 4.46. The lowest BCUT2D eigenvalue weighted by Gasteiger charge is -2.18. The SMILES string of the molecule is CC(CN)C(C)c1cnc2ccccc2c1. The Bertz CT molecular complexity index is 479. The van der Waals surface area contributed by atoms with Crippen molar-refractivity contribution < 1.29 is 0 Å². The number of pyridine rings is 1. The first kappa shape index (κ1) is 11.1. The molecule has 0 spiro atoms. The Labute approximate surface area is 96.5 Å². The van der Waals surface area contributed by atoms with E-state index in [4.69, 9.17) is 5.73 Å². The maximum Gasteiger partial charge on any atom is 0.0702 e. The summed E-state index contributed by atoms with van der Waals surface area (Å²) in [6.07, 6.45) is 1.97. The maximum atomic E-state index is 5.70. The minimum absolute atomic E-state index is 0.460. The molecule has 1 aromatic heterocycles. The third-order valence-electron chi connectivity index (χ3n) is 3.36. The van der Waals surface area contributed by atoms with Crippen molar-refractivity contribution in [1.82, 2.24) is 4.98 Å². The molecule has 0 aliphatic heterocycles. The van der Waals surface area contributed by atoms with Crippen molar-refractivity contribution in [1.29, 1.82) is 0 Å². The van der Waals surface area contributed by atoms with E-state index in [1.807, 2.05) is 24.4 Å². The van der Waals surface area contributed by atoms with Gasteiger partial charge in [0.15, 0.2) is 0 Å². The second kappa shape index (κ2) is 4.62. The number of rotatable bonds is 3. The first-order valence-corrected chi connectivity index (χ1v) is 5.77. The van der Waals surface area contributed by atoms with Crippen LogP contribution >= 0.6 is 0 Å². The Hall–Kier alpha value is -1.41. The molecule has 0 amide bonds. The number of para-hydroxylation sites is 1. The van der Waals surface area contributed by atoms with E-state index in [2.05, 4.69) is 31.0 Å². The summed E-state index contributed by atoms with van der Waals surface area (Å²) < 4.78 is 0. The fraction of sp³-hybridized carbons (Fsp3) is 0.357. The fourth-order valence-electron chi connectivity index (χ4n) is 1.87. The molecule has 2 atom stereocenters. The molecule has 2 unspecified atom stereocenters. The van der Waals surface area contributed by atoms with E-state index in [1.54, 1.807) is 0 Å². The molecule has 0 saturated heterocycles. The summed E-state index contributed by atoms with van der Waals surface area (Å²) >= 11 is 0. The highest BCUT2D eigenvalue weighted by Crippen LogP contribution is 2.25. The van der Waals surface area contributed by atoms with Crippen LogP contribution in [0.2, 0.25) is 0 Å². The van der Waals surface area contributed by atoms with Crippen LogP contribution in [0.3, 0.4) is 0 Å². The van der Waals surface area contributed by atoms with E-state index >= 15 is 0 Å². The van der Waals surface area contributed by atoms with Crippen LogP contribution in [0.5, 0.6) is 0 Å². The Kier molecular flexibility index (Phi) is 3.20. The van der Waals surface area contributed by atoms with Gasteiger partial charge in [0.05, 0.1) is 5.52 Å². The Balaban J connectivity index is 2.39. The highest BCUT2D eigenvalue weighted by Gasteiger charge is 2.13. The molecule has 2 rings (SSSR count). The highest BCUT2D eigenvalue weighted by molar-refractivity contribution is 5.78. The number of hydrogen-bond donors (Lipinski definition) is 1. The van der Waals surface area contributed by atoms with Gasteiger partial charge in [-0.25, -0.2) is 0 Å². The normalized spacial score (nSPS) is 14.9. The molecule has 2 nitrogen and oxygen atoms in total. The predicted molar refractivity (Wildman–Crippen MR) is 68.4 cm³/mol. The average Bonchev–Trinajstić information content (AvgIpc) is 2.36. The quantitative estimate of drug-likeness (QED) is 0.853. The molecular weight excluding hydrogens is 196 g/mol. The van der Waals surface area contributed by atoms with Crippen LogP contribution in [-0.2, 0) is 0 Å². The van der Waals surface area contributed by atoms with Gasteiger partial charge < -0.3 is 5.73 Å². The van der Waals surface area contributed by atoms with Gasteiger partial charge in [0.2, 0.25) is 0 Å². The molecule has 2 N–H and O–H groups in total. The van der Waals surface area contributed by atoms with E-state index in [0.29, 0.717) is 18.4 Å². The molecule has 0 fully saturated rings.